The first-order chi connectivity index (χ1) is 12.6. The van der Waals surface area contributed by atoms with Gasteiger partial charge in [0.2, 0.25) is 0 Å². The van der Waals surface area contributed by atoms with Gasteiger partial charge >= 0.3 is 0 Å². The number of hydrogen-bond acceptors (Lipinski definition) is 3. The summed E-state index contributed by atoms with van der Waals surface area (Å²) in [5, 5.41) is 2.79. The Bertz CT molecular complexity index is 861. The van der Waals surface area contributed by atoms with Gasteiger partial charge in [-0.15, -0.1) is 0 Å². The van der Waals surface area contributed by atoms with E-state index in [1.807, 2.05) is 0 Å². The SMILES string of the molecule is O=C(NCCCOc1ccc(F)cc1)c1cncn1-c1ccc(F)cc1. The maximum Gasteiger partial charge on any atom is 0.269 e. The summed E-state index contributed by atoms with van der Waals surface area (Å²) in [5.41, 5.74) is 1.00. The second-order valence-electron chi connectivity index (χ2n) is 5.54. The van der Waals surface area contributed by atoms with E-state index >= 15 is 0 Å². The molecule has 0 saturated heterocycles. The van der Waals surface area contributed by atoms with Crippen molar-refractivity contribution < 1.29 is 18.3 Å². The fourth-order valence-electron chi connectivity index (χ4n) is 2.36. The van der Waals surface area contributed by atoms with Crippen LogP contribution in [-0.4, -0.2) is 28.6 Å². The number of nitrogens with one attached hydrogen (secondary N) is 1. The van der Waals surface area contributed by atoms with Crippen molar-refractivity contribution in [2.24, 2.45) is 0 Å². The Morgan fingerprint density at radius 3 is 2.38 bits per heavy atom. The van der Waals surface area contributed by atoms with Gasteiger partial charge < -0.3 is 10.1 Å². The molecule has 0 spiro atoms. The van der Waals surface area contributed by atoms with Crippen LogP contribution in [0.2, 0.25) is 0 Å². The van der Waals surface area contributed by atoms with Crippen molar-refractivity contribution in [3.05, 3.63) is 78.4 Å². The van der Waals surface area contributed by atoms with Crippen molar-refractivity contribution in [1.82, 2.24) is 14.9 Å². The number of carbonyl (C=O) groups excluding carboxylic acids is 1. The molecule has 1 amide bonds. The third-order valence-electron chi connectivity index (χ3n) is 3.66. The van der Waals surface area contributed by atoms with Crippen LogP contribution in [0.1, 0.15) is 16.9 Å². The Morgan fingerprint density at radius 1 is 1.04 bits per heavy atom. The van der Waals surface area contributed by atoms with E-state index in [1.165, 1.54) is 36.8 Å². The molecule has 0 aliphatic carbocycles. The topological polar surface area (TPSA) is 56.1 Å². The van der Waals surface area contributed by atoms with E-state index in [0.717, 1.165) is 0 Å². The molecule has 0 fully saturated rings. The lowest BCUT2D eigenvalue weighted by Crippen LogP contribution is -2.27. The van der Waals surface area contributed by atoms with Gasteiger partial charge in [-0.25, -0.2) is 13.8 Å². The second kappa shape index (κ2) is 8.24. The Morgan fingerprint density at radius 2 is 1.69 bits per heavy atom. The Hall–Kier alpha value is -3.22. The van der Waals surface area contributed by atoms with Crippen molar-refractivity contribution in [1.29, 1.82) is 0 Å². The minimum atomic E-state index is -0.346. The molecule has 1 heterocycles. The van der Waals surface area contributed by atoms with Gasteiger partial charge in [0, 0.05) is 12.2 Å². The molecule has 5 nitrogen and oxygen atoms in total. The fourth-order valence-corrected chi connectivity index (χ4v) is 2.36. The van der Waals surface area contributed by atoms with Crippen LogP contribution < -0.4 is 10.1 Å². The molecule has 0 aliphatic heterocycles. The molecule has 2 aromatic carbocycles. The first-order valence-electron chi connectivity index (χ1n) is 8.08. The van der Waals surface area contributed by atoms with E-state index in [-0.39, 0.29) is 17.5 Å². The molecule has 3 rings (SSSR count). The van der Waals surface area contributed by atoms with Gasteiger partial charge in [0.1, 0.15) is 23.1 Å². The Kier molecular flexibility index (Phi) is 5.58. The molecule has 3 aromatic rings. The van der Waals surface area contributed by atoms with Crippen LogP contribution in [0.25, 0.3) is 5.69 Å². The largest absolute Gasteiger partial charge is 0.494 e. The van der Waals surface area contributed by atoms with Gasteiger partial charge in [-0.2, -0.15) is 0 Å². The number of carbonyl (C=O) groups is 1. The minimum Gasteiger partial charge on any atom is -0.494 e. The Balaban J connectivity index is 1.49. The molecular formula is C19H17F2N3O2. The standard InChI is InChI=1S/C19H17F2N3O2/c20-14-2-6-16(7-3-14)24-13-22-12-18(24)19(25)23-10-1-11-26-17-8-4-15(21)5-9-17/h2-9,12-13H,1,10-11H2,(H,23,25). The summed E-state index contributed by atoms with van der Waals surface area (Å²) in [5.74, 6) is -0.371. The van der Waals surface area contributed by atoms with Gasteiger partial charge in [0.25, 0.3) is 5.91 Å². The normalized spacial score (nSPS) is 10.5. The monoisotopic (exact) mass is 357 g/mol. The summed E-state index contributed by atoms with van der Waals surface area (Å²) in [6.07, 6.45) is 3.54. The van der Waals surface area contributed by atoms with Gasteiger partial charge in [0.15, 0.2) is 0 Å². The highest BCUT2D eigenvalue weighted by Crippen LogP contribution is 2.13. The van der Waals surface area contributed by atoms with Crippen molar-refractivity contribution in [3.63, 3.8) is 0 Å². The summed E-state index contributed by atoms with van der Waals surface area (Å²) in [6.45, 7) is 0.803. The number of imidazole rings is 1. The molecule has 0 radical (unpaired) electrons. The van der Waals surface area contributed by atoms with Crippen LogP contribution in [0.5, 0.6) is 5.75 Å². The van der Waals surface area contributed by atoms with Crippen LogP contribution in [-0.2, 0) is 0 Å². The lowest BCUT2D eigenvalue weighted by molar-refractivity contribution is 0.0944. The lowest BCUT2D eigenvalue weighted by atomic mass is 10.3. The van der Waals surface area contributed by atoms with Gasteiger partial charge in [-0.3, -0.25) is 9.36 Å². The maximum atomic E-state index is 13.0. The average molecular weight is 357 g/mol. The molecule has 0 saturated carbocycles. The summed E-state index contributed by atoms with van der Waals surface area (Å²) in [6, 6.07) is 11.5. The molecule has 0 bridgehead atoms. The number of hydrogen-bond donors (Lipinski definition) is 1. The van der Waals surface area contributed by atoms with Crippen LogP contribution in [0.15, 0.2) is 61.1 Å². The highest BCUT2D eigenvalue weighted by Gasteiger charge is 2.12. The molecule has 1 aromatic heterocycles. The minimum absolute atomic E-state index is 0.284. The first kappa shape index (κ1) is 17.6. The molecule has 134 valence electrons. The highest BCUT2D eigenvalue weighted by atomic mass is 19.1. The third kappa shape index (κ3) is 4.44. The van der Waals surface area contributed by atoms with Crippen LogP contribution in [0, 0.1) is 11.6 Å². The number of rotatable bonds is 7. The number of aromatic nitrogens is 2. The molecule has 1 N–H and O–H groups in total. The van der Waals surface area contributed by atoms with E-state index < -0.39 is 0 Å². The number of benzene rings is 2. The van der Waals surface area contributed by atoms with E-state index in [9.17, 15) is 13.6 Å². The third-order valence-corrected chi connectivity index (χ3v) is 3.66. The zero-order chi connectivity index (χ0) is 18.4. The zero-order valence-corrected chi connectivity index (χ0v) is 13.9. The van der Waals surface area contributed by atoms with Crippen molar-refractivity contribution >= 4 is 5.91 Å². The summed E-state index contributed by atoms with van der Waals surface area (Å²) < 4.78 is 32.9. The van der Waals surface area contributed by atoms with Crippen LogP contribution in [0.4, 0.5) is 8.78 Å². The molecule has 0 atom stereocenters. The average Bonchev–Trinajstić information content (AvgIpc) is 3.13. The molecule has 0 unspecified atom stereocenters. The predicted molar refractivity (Wildman–Crippen MR) is 92.4 cm³/mol. The van der Waals surface area contributed by atoms with Crippen LogP contribution >= 0.6 is 0 Å². The van der Waals surface area contributed by atoms with Gasteiger partial charge in [-0.05, 0) is 55.0 Å². The van der Waals surface area contributed by atoms with E-state index in [1.54, 1.807) is 28.8 Å². The van der Waals surface area contributed by atoms with E-state index in [0.29, 0.717) is 36.7 Å². The van der Waals surface area contributed by atoms with Crippen LogP contribution in [0.3, 0.4) is 0 Å². The van der Waals surface area contributed by atoms with E-state index in [2.05, 4.69) is 10.3 Å². The summed E-state index contributed by atoms with van der Waals surface area (Å²) in [4.78, 5) is 16.3. The van der Waals surface area contributed by atoms with Gasteiger partial charge in [0.05, 0.1) is 19.1 Å². The quantitative estimate of drug-likeness (QED) is 0.660. The Labute approximate surface area is 149 Å². The second-order valence-corrected chi connectivity index (χ2v) is 5.54. The lowest BCUT2D eigenvalue weighted by Gasteiger charge is -2.09. The first-order valence-corrected chi connectivity index (χ1v) is 8.08. The predicted octanol–water partition coefficient (Wildman–Crippen LogP) is 3.35. The maximum absolute atomic E-state index is 13.0. The summed E-state index contributed by atoms with van der Waals surface area (Å²) >= 11 is 0. The van der Waals surface area contributed by atoms with E-state index in [4.69, 9.17) is 4.74 Å². The number of amides is 1. The van der Waals surface area contributed by atoms with Crippen molar-refractivity contribution in [2.75, 3.05) is 13.2 Å². The number of halogens is 2. The molecule has 0 aliphatic rings. The fraction of sp³-hybridized carbons (Fsp3) is 0.158. The smallest absolute Gasteiger partial charge is 0.269 e. The van der Waals surface area contributed by atoms with Gasteiger partial charge in [-0.1, -0.05) is 0 Å². The zero-order valence-electron chi connectivity index (χ0n) is 13.9. The summed E-state index contributed by atoms with van der Waals surface area (Å²) in [7, 11) is 0. The van der Waals surface area contributed by atoms with Crippen molar-refractivity contribution in [2.45, 2.75) is 6.42 Å². The molecule has 7 heteroatoms. The highest BCUT2D eigenvalue weighted by molar-refractivity contribution is 5.92. The molecule has 26 heavy (non-hydrogen) atoms. The number of ether oxygens (including phenoxy) is 1. The number of nitrogens with zero attached hydrogens (tertiary/aromatic N) is 2. The molecular weight excluding hydrogens is 340 g/mol. The van der Waals surface area contributed by atoms with Crippen molar-refractivity contribution in [3.8, 4) is 11.4 Å².